The van der Waals surface area contributed by atoms with Crippen molar-refractivity contribution in [1.82, 2.24) is 5.32 Å². The predicted molar refractivity (Wildman–Crippen MR) is 65.1 cm³/mol. The molecule has 1 unspecified atom stereocenters. The maximum atomic E-state index is 11.8. The van der Waals surface area contributed by atoms with Gasteiger partial charge in [-0.25, -0.2) is 14.4 Å². The van der Waals surface area contributed by atoms with Gasteiger partial charge < -0.3 is 15.2 Å². The zero-order valence-electron chi connectivity index (χ0n) is 10.1. The van der Waals surface area contributed by atoms with Crippen LogP contribution in [0.1, 0.15) is 10.4 Å². The molecule has 2 N–H and O–H groups in total. The number of nitrogens with one attached hydrogen (secondary N) is 1. The van der Waals surface area contributed by atoms with E-state index in [0.29, 0.717) is 0 Å². The van der Waals surface area contributed by atoms with Gasteiger partial charge in [0.15, 0.2) is 6.04 Å². The molecule has 2 rings (SSSR count). The molecular weight excluding hydrogens is 252 g/mol. The zero-order valence-corrected chi connectivity index (χ0v) is 10.1. The van der Waals surface area contributed by atoms with Gasteiger partial charge in [0.05, 0.1) is 24.9 Å². The van der Waals surface area contributed by atoms with Crippen LogP contribution in [-0.2, 0) is 9.53 Å². The van der Waals surface area contributed by atoms with Gasteiger partial charge in [-0.3, -0.25) is 4.90 Å². The van der Waals surface area contributed by atoms with Crippen molar-refractivity contribution < 1.29 is 24.2 Å². The van der Waals surface area contributed by atoms with Crippen LogP contribution in [0.5, 0.6) is 0 Å². The van der Waals surface area contributed by atoms with Gasteiger partial charge in [0, 0.05) is 0 Å². The van der Waals surface area contributed by atoms with Crippen LogP contribution in [0.15, 0.2) is 24.3 Å². The molecule has 1 saturated heterocycles. The van der Waals surface area contributed by atoms with Gasteiger partial charge in [0.25, 0.3) is 0 Å². The van der Waals surface area contributed by atoms with E-state index in [1.807, 2.05) is 0 Å². The van der Waals surface area contributed by atoms with E-state index in [1.54, 1.807) is 12.1 Å². The third-order valence-corrected chi connectivity index (χ3v) is 2.83. The minimum absolute atomic E-state index is 0.0102. The Morgan fingerprint density at radius 1 is 1.42 bits per heavy atom. The Kier molecular flexibility index (Phi) is 3.37. The number of carboxylic acids is 1. The smallest absolute Gasteiger partial charge is 0.339 e. The molecule has 1 atom stereocenters. The Hall–Kier alpha value is -2.57. The van der Waals surface area contributed by atoms with E-state index in [9.17, 15) is 14.4 Å². The van der Waals surface area contributed by atoms with E-state index in [-0.39, 0.29) is 17.8 Å². The Balaban J connectivity index is 2.48. The standard InChI is InChI=1S/C12H12N2O5/c1-19-11(17)7-4-2-3-5-8(7)14-9(10(15)16)6-13-12(14)18/h2-5,9H,6H2,1H3,(H,13,18)(H,15,16). The summed E-state index contributed by atoms with van der Waals surface area (Å²) >= 11 is 0. The van der Waals surface area contributed by atoms with Gasteiger partial charge in [-0.1, -0.05) is 12.1 Å². The number of para-hydroxylation sites is 1. The third kappa shape index (κ3) is 2.22. The lowest BCUT2D eigenvalue weighted by molar-refractivity contribution is -0.137. The number of amides is 2. The molecule has 2 amide bonds. The SMILES string of the molecule is COC(=O)c1ccccc1N1C(=O)NCC1C(=O)O. The summed E-state index contributed by atoms with van der Waals surface area (Å²) < 4.78 is 4.62. The molecule has 100 valence electrons. The maximum absolute atomic E-state index is 11.8. The number of anilines is 1. The van der Waals surface area contributed by atoms with Crippen molar-refractivity contribution in [3.63, 3.8) is 0 Å². The number of carboxylic acid groups (broad SMARTS) is 1. The number of aliphatic carboxylic acids is 1. The second-order valence-electron chi connectivity index (χ2n) is 3.92. The minimum atomic E-state index is -1.14. The fourth-order valence-corrected chi connectivity index (χ4v) is 1.94. The highest BCUT2D eigenvalue weighted by Crippen LogP contribution is 2.25. The first-order valence-corrected chi connectivity index (χ1v) is 5.53. The van der Waals surface area contributed by atoms with Crippen LogP contribution in [0.4, 0.5) is 10.5 Å². The van der Waals surface area contributed by atoms with Crippen molar-refractivity contribution >= 4 is 23.7 Å². The average molecular weight is 264 g/mol. The van der Waals surface area contributed by atoms with Crippen LogP contribution in [-0.4, -0.2) is 42.8 Å². The summed E-state index contributed by atoms with van der Waals surface area (Å²) in [5, 5.41) is 11.5. The molecule has 1 aromatic carbocycles. The lowest BCUT2D eigenvalue weighted by atomic mass is 10.1. The fraction of sp³-hybridized carbons (Fsp3) is 0.250. The number of hydrogen-bond acceptors (Lipinski definition) is 4. The topological polar surface area (TPSA) is 95.9 Å². The minimum Gasteiger partial charge on any atom is -0.480 e. The molecule has 0 aromatic heterocycles. The maximum Gasteiger partial charge on any atom is 0.339 e. The number of carbonyl (C=O) groups excluding carboxylic acids is 2. The van der Waals surface area contributed by atoms with Crippen LogP contribution >= 0.6 is 0 Å². The highest BCUT2D eigenvalue weighted by atomic mass is 16.5. The fourth-order valence-electron chi connectivity index (χ4n) is 1.94. The largest absolute Gasteiger partial charge is 0.480 e. The summed E-state index contributed by atoms with van der Waals surface area (Å²) in [4.78, 5) is 35.6. The van der Waals surface area contributed by atoms with E-state index < -0.39 is 24.0 Å². The Bertz CT molecular complexity index is 543. The van der Waals surface area contributed by atoms with Crippen molar-refractivity contribution in [1.29, 1.82) is 0 Å². The van der Waals surface area contributed by atoms with E-state index in [2.05, 4.69) is 10.1 Å². The van der Waals surface area contributed by atoms with E-state index in [1.165, 1.54) is 19.2 Å². The van der Waals surface area contributed by atoms with Gasteiger partial charge in [0.1, 0.15) is 0 Å². The number of carbonyl (C=O) groups is 3. The van der Waals surface area contributed by atoms with Crippen molar-refractivity contribution in [2.45, 2.75) is 6.04 Å². The molecule has 1 aromatic rings. The molecule has 0 aliphatic carbocycles. The Morgan fingerprint density at radius 3 is 2.74 bits per heavy atom. The van der Waals surface area contributed by atoms with Crippen molar-refractivity contribution in [2.75, 3.05) is 18.6 Å². The normalized spacial score (nSPS) is 18.1. The van der Waals surface area contributed by atoms with Crippen LogP contribution in [0.2, 0.25) is 0 Å². The number of ether oxygens (including phenoxy) is 1. The molecule has 1 aliphatic heterocycles. The molecule has 7 nitrogen and oxygen atoms in total. The number of methoxy groups -OCH3 is 1. The Labute approximate surface area is 108 Å². The third-order valence-electron chi connectivity index (χ3n) is 2.83. The summed E-state index contributed by atoms with van der Waals surface area (Å²) in [7, 11) is 1.22. The van der Waals surface area contributed by atoms with Crippen LogP contribution < -0.4 is 10.2 Å². The summed E-state index contributed by atoms with van der Waals surface area (Å²) in [6, 6.07) is 4.62. The summed E-state index contributed by atoms with van der Waals surface area (Å²) in [5.41, 5.74) is 0.366. The van der Waals surface area contributed by atoms with Crippen molar-refractivity contribution in [2.24, 2.45) is 0 Å². The molecule has 1 heterocycles. The Morgan fingerprint density at radius 2 is 2.11 bits per heavy atom. The molecule has 0 bridgehead atoms. The number of nitrogens with zero attached hydrogens (tertiary/aromatic N) is 1. The molecule has 19 heavy (non-hydrogen) atoms. The van der Waals surface area contributed by atoms with Gasteiger partial charge in [-0.2, -0.15) is 0 Å². The molecule has 1 fully saturated rings. The zero-order chi connectivity index (χ0) is 14.0. The molecular formula is C12H12N2O5. The predicted octanol–water partition coefficient (Wildman–Crippen LogP) is 0.456. The first-order valence-electron chi connectivity index (χ1n) is 5.53. The number of benzene rings is 1. The average Bonchev–Trinajstić information content (AvgIpc) is 2.80. The molecule has 7 heteroatoms. The molecule has 1 aliphatic rings. The number of hydrogen-bond donors (Lipinski definition) is 2. The van der Waals surface area contributed by atoms with Crippen molar-refractivity contribution in [3.05, 3.63) is 29.8 Å². The van der Waals surface area contributed by atoms with Crippen LogP contribution in [0, 0.1) is 0 Å². The quantitative estimate of drug-likeness (QED) is 0.773. The van der Waals surface area contributed by atoms with Gasteiger partial charge in [-0.05, 0) is 12.1 Å². The number of urea groups is 1. The number of rotatable bonds is 3. The highest BCUT2D eigenvalue weighted by molar-refractivity contribution is 6.06. The van der Waals surface area contributed by atoms with Gasteiger partial charge in [-0.15, -0.1) is 0 Å². The van der Waals surface area contributed by atoms with Crippen LogP contribution in [0.25, 0.3) is 0 Å². The summed E-state index contributed by atoms with van der Waals surface area (Å²) in [6.07, 6.45) is 0. The first-order chi connectivity index (χ1) is 9.06. The molecule has 0 spiro atoms. The molecule has 0 radical (unpaired) electrons. The lowest BCUT2D eigenvalue weighted by Gasteiger charge is -2.21. The monoisotopic (exact) mass is 264 g/mol. The van der Waals surface area contributed by atoms with Crippen molar-refractivity contribution in [3.8, 4) is 0 Å². The van der Waals surface area contributed by atoms with Gasteiger partial charge in [0.2, 0.25) is 0 Å². The summed E-state index contributed by atoms with van der Waals surface area (Å²) in [5.74, 6) is -1.77. The lowest BCUT2D eigenvalue weighted by Crippen LogP contribution is -2.40. The van der Waals surface area contributed by atoms with Gasteiger partial charge >= 0.3 is 18.0 Å². The van der Waals surface area contributed by atoms with E-state index in [4.69, 9.17) is 5.11 Å². The van der Waals surface area contributed by atoms with E-state index in [0.717, 1.165) is 4.90 Å². The highest BCUT2D eigenvalue weighted by Gasteiger charge is 2.38. The number of esters is 1. The summed E-state index contributed by atoms with van der Waals surface area (Å²) in [6.45, 7) is -0.0102. The second kappa shape index (κ2) is 4.97. The molecule has 0 saturated carbocycles. The van der Waals surface area contributed by atoms with Crippen LogP contribution in [0.3, 0.4) is 0 Å². The second-order valence-corrected chi connectivity index (χ2v) is 3.92. The van der Waals surface area contributed by atoms with E-state index >= 15 is 0 Å². The first kappa shape index (κ1) is 12.9.